The lowest BCUT2D eigenvalue weighted by molar-refractivity contribution is 0.353. The third-order valence-corrected chi connectivity index (χ3v) is 5.72. The highest BCUT2D eigenvalue weighted by atomic mass is 32.2. The number of rotatable bonds is 7. The van der Waals surface area contributed by atoms with Gasteiger partial charge < -0.3 is 20.5 Å². The van der Waals surface area contributed by atoms with Gasteiger partial charge in [0.05, 0.1) is 36.0 Å². The summed E-state index contributed by atoms with van der Waals surface area (Å²) < 4.78 is 10.9. The van der Waals surface area contributed by atoms with Gasteiger partial charge in [0, 0.05) is 42.6 Å². The van der Waals surface area contributed by atoms with Crippen molar-refractivity contribution in [1.29, 1.82) is 0 Å². The zero-order valence-electron chi connectivity index (χ0n) is 16.3. The maximum absolute atomic E-state index is 5.97. The number of aromatic nitrogens is 4. The quantitative estimate of drug-likeness (QED) is 0.607. The molecule has 1 atom stereocenters. The topological polar surface area (TPSA) is 108 Å². The van der Waals surface area contributed by atoms with Crippen LogP contribution in [0, 0.1) is 0 Å². The molecule has 0 saturated carbocycles. The van der Waals surface area contributed by atoms with Gasteiger partial charge in [-0.15, -0.1) is 0 Å². The van der Waals surface area contributed by atoms with E-state index in [1.165, 1.54) is 13.4 Å². The molecule has 0 radical (unpaired) electrons. The van der Waals surface area contributed by atoms with Crippen molar-refractivity contribution >= 4 is 23.3 Å². The molecule has 0 fully saturated rings. The van der Waals surface area contributed by atoms with Crippen molar-refractivity contribution in [2.75, 3.05) is 37.6 Å². The average Bonchev–Trinajstić information content (AvgIpc) is 3.24. The van der Waals surface area contributed by atoms with E-state index < -0.39 is 0 Å². The smallest absolute Gasteiger partial charge is 0.236 e. The van der Waals surface area contributed by atoms with E-state index in [1.54, 1.807) is 24.0 Å². The number of anilines is 2. The number of thioether (sulfide) groups is 1. The summed E-state index contributed by atoms with van der Waals surface area (Å²) in [5, 5.41) is 3.62. The van der Waals surface area contributed by atoms with Crippen molar-refractivity contribution < 1.29 is 9.47 Å². The summed E-state index contributed by atoms with van der Waals surface area (Å²) in [6.07, 6.45) is 8.02. The normalized spacial score (nSPS) is 13.4. The maximum Gasteiger partial charge on any atom is 0.236 e. The number of nitrogens with zero attached hydrogens (tertiary/aromatic N) is 4. The molecule has 0 aromatic carbocycles. The number of fused-ring (bicyclic) bond motifs is 1. The van der Waals surface area contributed by atoms with Gasteiger partial charge in [0.1, 0.15) is 17.9 Å². The first-order valence-electron chi connectivity index (χ1n) is 9.18. The fourth-order valence-corrected chi connectivity index (χ4v) is 3.96. The fraction of sp³-hybridized carbons (Fsp3) is 0.300. The van der Waals surface area contributed by atoms with Crippen LogP contribution in [0.3, 0.4) is 0 Å². The molecule has 8 nitrogen and oxygen atoms in total. The van der Waals surface area contributed by atoms with Gasteiger partial charge in [-0.1, -0.05) is 0 Å². The number of hydrogen-bond acceptors (Lipinski definition) is 9. The number of methoxy groups -OCH3 is 1. The SMILES string of the molecule is COc1ncc(-c2cc(NCC(SC)c3ccnc4c3OCC4)ncn2)cc1N. The predicted molar refractivity (Wildman–Crippen MR) is 114 cm³/mol. The Morgan fingerprint density at radius 1 is 1.28 bits per heavy atom. The zero-order valence-corrected chi connectivity index (χ0v) is 17.1. The molecule has 150 valence electrons. The molecule has 0 bridgehead atoms. The van der Waals surface area contributed by atoms with Gasteiger partial charge in [-0.2, -0.15) is 11.8 Å². The van der Waals surface area contributed by atoms with Crippen LogP contribution in [0.15, 0.2) is 36.9 Å². The van der Waals surface area contributed by atoms with Crippen LogP contribution in [0.25, 0.3) is 11.3 Å². The molecule has 9 heteroatoms. The molecule has 29 heavy (non-hydrogen) atoms. The summed E-state index contributed by atoms with van der Waals surface area (Å²) in [6.45, 7) is 1.39. The van der Waals surface area contributed by atoms with Gasteiger partial charge in [0.2, 0.25) is 5.88 Å². The Morgan fingerprint density at radius 2 is 2.17 bits per heavy atom. The molecular weight excluding hydrogens is 388 g/mol. The highest BCUT2D eigenvalue weighted by Crippen LogP contribution is 2.37. The van der Waals surface area contributed by atoms with Crippen LogP contribution < -0.4 is 20.5 Å². The van der Waals surface area contributed by atoms with Crippen molar-refractivity contribution in [2.24, 2.45) is 0 Å². The molecule has 0 aliphatic carbocycles. The Bertz CT molecular complexity index is 1020. The Kier molecular flexibility index (Phi) is 5.66. The summed E-state index contributed by atoms with van der Waals surface area (Å²) >= 11 is 1.76. The largest absolute Gasteiger partial charge is 0.491 e. The molecule has 0 saturated heterocycles. The van der Waals surface area contributed by atoms with E-state index in [0.717, 1.165) is 40.5 Å². The second-order valence-corrected chi connectivity index (χ2v) is 7.53. The number of ether oxygens (including phenoxy) is 2. The molecule has 3 N–H and O–H groups in total. The van der Waals surface area contributed by atoms with Crippen LogP contribution in [0.2, 0.25) is 0 Å². The van der Waals surface area contributed by atoms with Crippen LogP contribution in [0.1, 0.15) is 16.5 Å². The minimum absolute atomic E-state index is 0.210. The first-order valence-corrected chi connectivity index (χ1v) is 10.5. The van der Waals surface area contributed by atoms with Gasteiger partial charge in [-0.3, -0.25) is 4.98 Å². The lowest BCUT2D eigenvalue weighted by atomic mass is 10.1. The van der Waals surface area contributed by atoms with Crippen LogP contribution in [0.4, 0.5) is 11.5 Å². The highest BCUT2D eigenvalue weighted by molar-refractivity contribution is 7.98. The number of hydrogen-bond donors (Lipinski definition) is 2. The van der Waals surface area contributed by atoms with Crippen molar-refractivity contribution in [3.05, 3.63) is 48.2 Å². The second kappa shape index (κ2) is 8.52. The van der Waals surface area contributed by atoms with Crippen LogP contribution in [0.5, 0.6) is 11.6 Å². The first kappa shape index (κ1) is 19.3. The fourth-order valence-electron chi connectivity index (χ4n) is 3.27. The van der Waals surface area contributed by atoms with Crippen molar-refractivity contribution in [2.45, 2.75) is 11.7 Å². The predicted octanol–water partition coefficient (Wildman–Crippen LogP) is 2.98. The van der Waals surface area contributed by atoms with Gasteiger partial charge in [0.25, 0.3) is 0 Å². The van der Waals surface area contributed by atoms with Gasteiger partial charge in [-0.25, -0.2) is 15.0 Å². The van der Waals surface area contributed by atoms with Crippen molar-refractivity contribution in [3.8, 4) is 22.9 Å². The Hall–Kier alpha value is -3.07. The maximum atomic E-state index is 5.97. The van der Waals surface area contributed by atoms with E-state index in [9.17, 15) is 0 Å². The summed E-state index contributed by atoms with van der Waals surface area (Å²) in [4.78, 5) is 17.3. The third kappa shape index (κ3) is 4.04. The zero-order chi connectivity index (χ0) is 20.2. The number of pyridine rings is 2. The molecule has 1 unspecified atom stereocenters. The van der Waals surface area contributed by atoms with Gasteiger partial charge in [0.15, 0.2) is 0 Å². The summed E-state index contributed by atoms with van der Waals surface area (Å²) in [6, 6.07) is 5.71. The number of nitrogen functional groups attached to an aromatic ring is 1. The highest BCUT2D eigenvalue weighted by Gasteiger charge is 2.22. The molecule has 3 aromatic rings. The lowest BCUT2D eigenvalue weighted by Gasteiger charge is -2.18. The Balaban J connectivity index is 1.51. The summed E-state index contributed by atoms with van der Waals surface area (Å²) in [5.74, 6) is 2.06. The standard InChI is InChI=1S/C20H22N6O2S/c1-27-20-14(21)7-12(9-24-20)16-8-18(26-11-25-16)23-10-17(29-2)13-3-5-22-15-4-6-28-19(13)15/h3,5,7-9,11,17H,4,6,10,21H2,1-2H3,(H,23,25,26). The van der Waals surface area contributed by atoms with Crippen molar-refractivity contribution in [1.82, 2.24) is 19.9 Å². The van der Waals surface area contributed by atoms with E-state index in [2.05, 4.69) is 31.5 Å². The average molecular weight is 411 g/mol. The minimum Gasteiger partial charge on any atom is -0.491 e. The van der Waals surface area contributed by atoms with Crippen LogP contribution in [-0.2, 0) is 6.42 Å². The number of nitrogens with two attached hydrogens (primary N) is 1. The van der Waals surface area contributed by atoms with Crippen LogP contribution >= 0.6 is 11.8 Å². The molecule has 0 amide bonds. The summed E-state index contributed by atoms with van der Waals surface area (Å²) in [5.41, 5.74) is 10.2. The van der Waals surface area contributed by atoms with E-state index in [1.807, 2.05) is 18.3 Å². The molecule has 1 aliphatic heterocycles. The van der Waals surface area contributed by atoms with Gasteiger partial charge in [-0.05, 0) is 18.4 Å². The van der Waals surface area contributed by atoms with E-state index in [4.69, 9.17) is 15.2 Å². The minimum atomic E-state index is 0.210. The second-order valence-electron chi connectivity index (χ2n) is 6.49. The third-order valence-electron chi connectivity index (χ3n) is 4.73. The molecular formula is C20H22N6O2S. The molecule has 4 rings (SSSR count). The summed E-state index contributed by atoms with van der Waals surface area (Å²) in [7, 11) is 1.54. The van der Waals surface area contributed by atoms with Crippen LogP contribution in [-0.4, -0.2) is 46.5 Å². The van der Waals surface area contributed by atoms with Crippen molar-refractivity contribution in [3.63, 3.8) is 0 Å². The lowest BCUT2D eigenvalue weighted by Crippen LogP contribution is -2.12. The molecule has 4 heterocycles. The Morgan fingerprint density at radius 3 is 2.97 bits per heavy atom. The van der Waals surface area contributed by atoms with E-state index >= 15 is 0 Å². The molecule has 3 aromatic heterocycles. The van der Waals surface area contributed by atoms with E-state index in [-0.39, 0.29) is 5.25 Å². The monoisotopic (exact) mass is 410 g/mol. The number of nitrogens with one attached hydrogen (secondary N) is 1. The molecule has 0 spiro atoms. The Labute approximate surface area is 173 Å². The molecule has 1 aliphatic rings. The van der Waals surface area contributed by atoms with E-state index in [0.29, 0.717) is 24.7 Å². The van der Waals surface area contributed by atoms with Gasteiger partial charge >= 0.3 is 0 Å². The first-order chi connectivity index (χ1) is 14.2.